The van der Waals surface area contributed by atoms with Crippen LogP contribution in [0.25, 0.3) is 0 Å². The maximum Gasteiger partial charge on any atom is 0.243 e. The van der Waals surface area contributed by atoms with Crippen molar-refractivity contribution in [1.29, 1.82) is 0 Å². The Kier molecular flexibility index (Phi) is 5.87. The molecule has 0 unspecified atom stereocenters. The molecule has 0 amide bonds. The van der Waals surface area contributed by atoms with Crippen LogP contribution in [-0.2, 0) is 25.8 Å². The highest BCUT2D eigenvalue weighted by molar-refractivity contribution is 7.92. The van der Waals surface area contributed by atoms with Gasteiger partial charge in [-0.05, 0) is 43.7 Å². The molecule has 2 rings (SSSR count). The highest BCUT2D eigenvalue weighted by Gasteiger charge is 2.23. The SMILES string of the molecule is CC(C)N(C)S(=O)(=O)c1ccc(NS(=O)(=O)Cc2ccccc2)cc1. The van der Waals surface area contributed by atoms with E-state index in [2.05, 4.69) is 4.72 Å². The third-order valence-corrected chi connectivity index (χ3v) is 7.04. The van der Waals surface area contributed by atoms with E-state index in [1.807, 2.05) is 6.07 Å². The summed E-state index contributed by atoms with van der Waals surface area (Å²) in [6.45, 7) is 3.56. The van der Waals surface area contributed by atoms with Crippen molar-refractivity contribution in [2.75, 3.05) is 11.8 Å². The molecule has 0 aliphatic rings. The zero-order valence-corrected chi connectivity index (χ0v) is 16.0. The van der Waals surface area contributed by atoms with Gasteiger partial charge < -0.3 is 0 Å². The van der Waals surface area contributed by atoms with Gasteiger partial charge in [-0.3, -0.25) is 4.72 Å². The number of nitrogens with zero attached hydrogens (tertiary/aromatic N) is 1. The van der Waals surface area contributed by atoms with Crippen molar-refractivity contribution in [2.24, 2.45) is 0 Å². The lowest BCUT2D eigenvalue weighted by Crippen LogP contribution is -2.33. The van der Waals surface area contributed by atoms with Gasteiger partial charge in [-0.15, -0.1) is 0 Å². The molecule has 0 aromatic heterocycles. The van der Waals surface area contributed by atoms with Crippen LogP contribution in [0.4, 0.5) is 5.69 Å². The second-order valence-electron chi connectivity index (χ2n) is 5.99. The Hall–Kier alpha value is -1.90. The molecule has 0 radical (unpaired) electrons. The quantitative estimate of drug-likeness (QED) is 0.798. The van der Waals surface area contributed by atoms with Gasteiger partial charge >= 0.3 is 0 Å². The van der Waals surface area contributed by atoms with Gasteiger partial charge in [0.15, 0.2) is 0 Å². The topological polar surface area (TPSA) is 83.6 Å². The average Bonchev–Trinajstić information content (AvgIpc) is 2.54. The summed E-state index contributed by atoms with van der Waals surface area (Å²) in [6, 6.07) is 14.3. The smallest absolute Gasteiger partial charge is 0.243 e. The Labute approximate surface area is 149 Å². The predicted octanol–water partition coefficient (Wildman–Crippen LogP) is 2.66. The number of hydrogen-bond acceptors (Lipinski definition) is 4. The van der Waals surface area contributed by atoms with Gasteiger partial charge in [0.1, 0.15) is 0 Å². The molecule has 6 nitrogen and oxygen atoms in total. The molecule has 1 N–H and O–H groups in total. The lowest BCUT2D eigenvalue weighted by Gasteiger charge is -2.21. The van der Waals surface area contributed by atoms with Gasteiger partial charge in [-0.2, -0.15) is 4.31 Å². The van der Waals surface area contributed by atoms with Crippen LogP contribution >= 0.6 is 0 Å². The lowest BCUT2D eigenvalue weighted by molar-refractivity contribution is 0.410. The maximum atomic E-state index is 12.4. The molecule has 136 valence electrons. The molecule has 0 aliphatic carbocycles. The van der Waals surface area contributed by atoms with E-state index >= 15 is 0 Å². The van der Waals surface area contributed by atoms with Crippen molar-refractivity contribution < 1.29 is 16.8 Å². The fourth-order valence-electron chi connectivity index (χ4n) is 2.15. The maximum absolute atomic E-state index is 12.4. The Balaban J connectivity index is 2.15. The summed E-state index contributed by atoms with van der Waals surface area (Å²) in [6.07, 6.45) is 0. The minimum atomic E-state index is -3.59. The molecule has 0 spiro atoms. The van der Waals surface area contributed by atoms with Crippen LogP contribution in [0.5, 0.6) is 0 Å². The number of benzene rings is 2. The van der Waals surface area contributed by atoms with Crippen LogP contribution in [0.3, 0.4) is 0 Å². The summed E-state index contributed by atoms with van der Waals surface area (Å²) in [5.74, 6) is -0.149. The van der Waals surface area contributed by atoms with Crippen LogP contribution in [-0.4, -0.2) is 34.2 Å². The minimum Gasteiger partial charge on any atom is -0.283 e. The fraction of sp³-hybridized carbons (Fsp3) is 0.294. The van der Waals surface area contributed by atoms with Gasteiger partial charge in [0.05, 0.1) is 10.6 Å². The highest BCUT2D eigenvalue weighted by Crippen LogP contribution is 2.20. The first kappa shape index (κ1) is 19.4. The molecule has 0 bridgehead atoms. The van der Waals surface area contributed by atoms with Crippen molar-refractivity contribution in [2.45, 2.75) is 30.5 Å². The summed E-state index contributed by atoms with van der Waals surface area (Å²) in [5, 5.41) is 0. The molecular formula is C17H22N2O4S2. The molecule has 0 fully saturated rings. The van der Waals surface area contributed by atoms with Crippen molar-refractivity contribution >= 4 is 25.7 Å². The van der Waals surface area contributed by atoms with Crippen LogP contribution in [0.1, 0.15) is 19.4 Å². The molecule has 0 saturated carbocycles. The van der Waals surface area contributed by atoms with Gasteiger partial charge in [0, 0.05) is 18.8 Å². The molecule has 0 heterocycles. The molecule has 2 aromatic carbocycles. The Bertz CT molecular complexity index is 907. The number of nitrogens with one attached hydrogen (secondary N) is 1. The summed E-state index contributed by atoms with van der Waals surface area (Å²) in [5.41, 5.74) is 0.995. The first-order chi connectivity index (χ1) is 11.6. The highest BCUT2D eigenvalue weighted by atomic mass is 32.2. The zero-order chi connectivity index (χ0) is 18.7. The van der Waals surface area contributed by atoms with Crippen LogP contribution in [0.15, 0.2) is 59.5 Å². The Morgan fingerprint density at radius 2 is 1.48 bits per heavy atom. The molecule has 0 atom stereocenters. The largest absolute Gasteiger partial charge is 0.283 e. The third kappa shape index (κ3) is 5.04. The Morgan fingerprint density at radius 3 is 2.00 bits per heavy atom. The van der Waals surface area contributed by atoms with E-state index in [1.165, 1.54) is 35.6 Å². The fourth-order valence-corrected chi connectivity index (χ4v) is 4.71. The van der Waals surface area contributed by atoms with E-state index in [1.54, 1.807) is 38.1 Å². The second kappa shape index (κ2) is 7.55. The third-order valence-electron chi connectivity index (χ3n) is 3.73. The monoisotopic (exact) mass is 382 g/mol. The van der Waals surface area contributed by atoms with E-state index in [0.717, 1.165) is 0 Å². The van der Waals surface area contributed by atoms with E-state index in [0.29, 0.717) is 11.3 Å². The van der Waals surface area contributed by atoms with E-state index in [9.17, 15) is 16.8 Å². The van der Waals surface area contributed by atoms with Gasteiger partial charge in [-0.1, -0.05) is 30.3 Å². The average molecular weight is 383 g/mol. The summed E-state index contributed by atoms with van der Waals surface area (Å²) in [4.78, 5) is 0.120. The summed E-state index contributed by atoms with van der Waals surface area (Å²) < 4.78 is 52.9. The van der Waals surface area contributed by atoms with Gasteiger partial charge in [0.25, 0.3) is 0 Å². The molecule has 0 saturated heterocycles. The first-order valence-corrected chi connectivity index (χ1v) is 10.8. The van der Waals surface area contributed by atoms with E-state index in [4.69, 9.17) is 0 Å². The number of sulfonamides is 2. The molecule has 0 aliphatic heterocycles. The van der Waals surface area contributed by atoms with E-state index < -0.39 is 20.0 Å². The predicted molar refractivity (Wildman–Crippen MR) is 99.2 cm³/mol. The lowest BCUT2D eigenvalue weighted by atomic mass is 10.2. The molecule has 2 aromatic rings. The normalized spacial score (nSPS) is 12.5. The van der Waals surface area contributed by atoms with E-state index in [-0.39, 0.29) is 16.7 Å². The molecule has 25 heavy (non-hydrogen) atoms. The minimum absolute atomic E-state index is 0.120. The molecular weight excluding hydrogens is 360 g/mol. The first-order valence-electron chi connectivity index (χ1n) is 7.74. The second-order valence-corrected chi connectivity index (χ2v) is 9.71. The standard InChI is InChI=1S/C17H22N2O4S2/c1-14(2)19(3)25(22,23)17-11-9-16(10-12-17)18-24(20,21)13-15-7-5-4-6-8-15/h4-12,14,18H,13H2,1-3H3. The molecule has 8 heteroatoms. The van der Waals surface area contributed by atoms with Crippen LogP contribution in [0, 0.1) is 0 Å². The number of anilines is 1. The van der Waals surface area contributed by atoms with Crippen molar-refractivity contribution in [3.63, 3.8) is 0 Å². The summed E-state index contributed by atoms with van der Waals surface area (Å²) in [7, 11) is -5.66. The van der Waals surface area contributed by atoms with Crippen molar-refractivity contribution in [3.05, 3.63) is 60.2 Å². The van der Waals surface area contributed by atoms with Gasteiger partial charge in [0.2, 0.25) is 20.0 Å². The number of rotatable bonds is 7. The Morgan fingerprint density at radius 1 is 0.920 bits per heavy atom. The van der Waals surface area contributed by atoms with Crippen LogP contribution < -0.4 is 4.72 Å². The number of hydrogen-bond donors (Lipinski definition) is 1. The van der Waals surface area contributed by atoms with Crippen molar-refractivity contribution in [3.8, 4) is 0 Å². The summed E-state index contributed by atoms with van der Waals surface area (Å²) >= 11 is 0. The zero-order valence-electron chi connectivity index (χ0n) is 14.4. The van der Waals surface area contributed by atoms with Gasteiger partial charge in [-0.25, -0.2) is 16.8 Å². The van der Waals surface area contributed by atoms with Crippen molar-refractivity contribution in [1.82, 2.24) is 4.31 Å². The van der Waals surface area contributed by atoms with Crippen LogP contribution in [0.2, 0.25) is 0 Å².